The normalized spacial score (nSPS) is 10.5. The van der Waals surface area contributed by atoms with Crippen LogP contribution in [0.5, 0.6) is 0 Å². The van der Waals surface area contributed by atoms with Gasteiger partial charge in [-0.15, -0.1) is 11.8 Å². The number of hydrogen-bond acceptors (Lipinski definition) is 8. The number of benzene rings is 1. The summed E-state index contributed by atoms with van der Waals surface area (Å²) >= 11 is 1.08. The molecule has 1 heterocycles. The van der Waals surface area contributed by atoms with E-state index in [2.05, 4.69) is 9.72 Å². The number of ether oxygens (including phenoxy) is 3. The van der Waals surface area contributed by atoms with Gasteiger partial charge in [0, 0.05) is 22.0 Å². The zero-order valence-corrected chi connectivity index (χ0v) is 15.4. The molecule has 0 saturated heterocycles. The lowest BCUT2D eigenvalue weighted by atomic mass is 10.0. The van der Waals surface area contributed by atoms with Gasteiger partial charge in [-0.2, -0.15) is 0 Å². The van der Waals surface area contributed by atoms with Gasteiger partial charge in [-0.1, -0.05) is 0 Å². The topological polar surface area (TPSA) is 112 Å². The number of hydrogen-bond donors (Lipinski definition) is 1. The summed E-state index contributed by atoms with van der Waals surface area (Å²) < 4.78 is 14.1. The Morgan fingerprint density at radius 1 is 1.00 bits per heavy atom. The molecule has 138 valence electrons. The summed E-state index contributed by atoms with van der Waals surface area (Å²) in [5.41, 5.74) is 0.520. The van der Waals surface area contributed by atoms with Crippen molar-refractivity contribution in [1.82, 2.24) is 4.98 Å². The maximum atomic E-state index is 12.3. The molecule has 0 aliphatic rings. The van der Waals surface area contributed by atoms with Crippen LogP contribution in [0.4, 0.5) is 0 Å². The van der Waals surface area contributed by atoms with Crippen LogP contribution >= 0.6 is 11.8 Å². The number of nitrogens with one attached hydrogen (secondary N) is 1. The van der Waals surface area contributed by atoms with Gasteiger partial charge in [0.15, 0.2) is 5.78 Å². The summed E-state index contributed by atoms with van der Waals surface area (Å²) in [5, 5.41) is 0.430. The first-order chi connectivity index (χ1) is 12.3. The largest absolute Gasteiger partial charge is 0.468 e. The van der Waals surface area contributed by atoms with Crippen molar-refractivity contribution in [2.45, 2.75) is 11.8 Å². The second kappa shape index (κ2) is 8.05. The van der Waals surface area contributed by atoms with Crippen LogP contribution in [0.3, 0.4) is 0 Å². The maximum absolute atomic E-state index is 12.3. The Bertz CT molecular complexity index is 900. The van der Waals surface area contributed by atoms with Gasteiger partial charge in [-0.05, 0) is 13.0 Å². The van der Waals surface area contributed by atoms with Crippen LogP contribution in [0, 0.1) is 0 Å². The quantitative estimate of drug-likeness (QED) is 0.352. The summed E-state index contributed by atoms with van der Waals surface area (Å²) in [6.45, 7) is 1.38. The first-order valence-corrected chi connectivity index (χ1v) is 8.39. The lowest BCUT2D eigenvalue weighted by molar-refractivity contribution is -0.137. The molecule has 1 aromatic heterocycles. The van der Waals surface area contributed by atoms with E-state index < -0.39 is 17.9 Å². The molecule has 0 aliphatic carbocycles. The van der Waals surface area contributed by atoms with Crippen molar-refractivity contribution in [3.63, 3.8) is 0 Å². The van der Waals surface area contributed by atoms with Gasteiger partial charge < -0.3 is 19.2 Å². The van der Waals surface area contributed by atoms with Crippen molar-refractivity contribution in [2.24, 2.45) is 0 Å². The number of aromatic amines is 1. The molecule has 0 atom stereocenters. The van der Waals surface area contributed by atoms with E-state index in [1.165, 1.54) is 40.5 Å². The predicted octanol–water partition coefficient (Wildman–Crippen LogP) is 2.21. The van der Waals surface area contributed by atoms with Crippen LogP contribution in [-0.4, -0.2) is 55.8 Å². The van der Waals surface area contributed by atoms with Crippen molar-refractivity contribution in [1.29, 1.82) is 0 Å². The number of rotatable bonds is 6. The Morgan fingerprint density at radius 2 is 1.65 bits per heavy atom. The molecule has 0 aliphatic heterocycles. The van der Waals surface area contributed by atoms with E-state index in [-0.39, 0.29) is 28.2 Å². The lowest BCUT2D eigenvalue weighted by Gasteiger charge is -2.12. The van der Waals surface area contributed by atoms with E-state index in [0.717, 1.165) is 11.8 Å². The van der Waals surface area contributed by atoms with Crippen molar-refractivity contribution < 1.29 is 33.4 Å². The average molecular weight is 379 g/mol. The monoisotopic (exact) mass is 379 g/mol. The van der Waals surface area contributed by atoms with E-state index in [1.54, 1.807) is 0 Å². The number of carbonyl (C=O) groups is 4. The van der Waals surface area contributed by atoms with Crippen molar-refractivity contribution in [3.8, 4) is 0 Å². The van der Waals surface area contributed by atoms with Gasteiger partial charge >= 0.3 is 17.9 Å². The fourth-order valence-corrected chi connectivity index (χ4v) is 3.41. The highest BCUT2D eigenvalue weighted by Crippen LogP contribution is 2.36. The second-order valence-electron chi connectivity index (χ2n) is 5.15. The number of fused-ring (bicyclic) bond motifs is 1. The molecular weight excluding hydrogens is 362 g/mol. The van der Waals surface area contributed by atoms with Crippen molar-refractivity contribution in [3.05, 3.63) is 29.0 Å². The third kappa shape index (κ3) is 3.57. The molecule has 2 aromatic rings. The summed E-state index contributed by atoms with van der Waals surface area (Å²) in [6, 6.07) is 1.41. The average Bonchev–Trinajstić information content (AvgIpc) is 3.09. The van der Waals surface area contributed by atoms with E-state index in [9.17, 15) is 19.2 Å². The number of thioether (sulfide) groups is 1. The third-order valence-electron chi connectivity index (χ3n) is 3.67. The number of carbonyl (C=O) groups excluding carboxylic acids is 4. The second-order valence-corrected chi connectivity index (χ2v) is 6.17. The van der Waals surface area contributed by atoms with Crippen LogP contribution in [-0.2, 0) is 19.0 Å². The zero-order chi connectivity index (χ0) is 19.4. The molecule has 0 saturated carbocycles. The number of ketones is 1. The van der Waals surface area contributed by atoms with Gasteiger partial charge in [0.1, 0.15) is 0 Å². The lowest BCUT2D eigenvalue weighted by Crippen LogP contribution is -2.13. The molecule has 0 radical (unpaired) electrons. The molecular formula is C17H17NO7S. The van der Waals surface area contributed by atoms with E-state index in [1.807, 2.05) is 0 Å². The standard InChI is InChI=1S/C17H17NO7S/c1-8(19)10-6-18-15-13(10)11(26-7-12(20)23-2)5-9(16(21)24-3)14(15)17(22)25-4/h5-6,18H,7H2,1-4H3. The first kappa shape index (κ1) is 19.5. The van der Waals surface area contributed by atoms with Crippen LogP contribution in [0.1, 0.15) is 38.0 Å². The van der Waals surface area contributed by atoms with E-state index >= 15 is 0 Å². The summed E-state index contributed by atoms with van der Waals surface area (Å²) in [7, 11) is 3.63. The van der Waals surface area contributed by atoms with E-state index in [4.69, 9.17) is 9.47 Å². The minimum atomic E-state index is -0.753. The Kier molecular flexibility index (Phi) is 6.04. The van der Waals surface area contributed by atoms with Crippen LogP contribution in [0.15, 0.2) is 17.2 Å². The van der Waals surface area contributed by atoms with Gasteiger partial charge in [-0.25, -0.2) is 9.59 Å². The molecule has 0 bridgehead atoms. The minimum absolute atomic E-state index is 0.0313. The molecule has 1 N–H and O–H groups in total. The van der Waals surface area contributed by atoms with Crippen LogP contribution in [0.2, 0.25) is 0 Å². The molecule has 9 heteroatoms. The summed E-state index contributed by atoms with van der Waals surface area (Å²) in [5.74, 6) is -2.24. The SMILES string of the molecule is COC(=O)CSc1cc(C(=O)OC)c(C(=O)OC)c2[nH]cc(C(C)=O)c12. The zero-order valence-electron chi connectivity index (χ0n) is 14.6. The number of H-pyrrole nitrogens is 1. The molecule has 26 heavy (non-hydrogen) atoms. The number of aromatic nitrogens is 1. The molecule has 2 rings (SSSR count). The number of esters is 3. The van der Waals surface area contributed by atoms with Crippen molar-refractivity contribution in [2.75, 3.05) is 27.1 Å². The summed E-state index contributed by atoms with van der Waals surface area (Å²) in [6.07, 6.45) is 1.45. The number of Topliss-reactive ketones (excluding diaryl/α,β-unsaturated/α-hetero) is 1. The van der Waals surface area contributed by atoms with Crippen molar-refractivity contribution >= 4 is 46.4 Å². The highest BCUT2D eigenvalue weighted by atomic mass is 32.2. The Balaban J connectivity index is 2.81. The summed E-state index contributed by atoms with van der Waals surface area (Å²) in [4.78, 5) is 51.2. The molecule has 0 amide bonds. The maximum Gasteiger partial charge on any atom is 0.340 e. The molecule has 0 spiro atoms. The van der Waals surface area contributed by atoms with Gasteiger partial charge in [-0.3, -0.25) is 9.59 Å². The predicted molar refractivity (Wildman–Crippen MR) is 93.7 cm³/mol. The van der Waals surface area contributed by atoms with Gasteiger partial charge in [0.2, 0.25) is 0 Å². The Morgan fingerprint density at radius 3 is 2.19 bits per heavy atom. The molecule has 8 nitrogen and oxygen atoms in total. The fraction of sp³-hybridized carbons (Fsp3) is 0.294. The Labute approximate surface area is 153 Å². The van der Waals surface area contributed by atoms with E-state index in [0.29, 0.717) is 15.8 Å². The molecule has 1 aromatic carbocycles. The first-order valence-electron chi connectivity index (χ1n) is 7.40. The van der Waals surface area contributed by atoms with Crippen LogP contribution < -0.4 is 0 Å². The van der Waals surface area contributed by atoms with Gasteiger partial charge in [0.05, 0.1) is 43.7 Å². The molecule has 0 fully saturated rings. The molecule has 0 unspecified atom stereocenters. The minimum Gasteiger partial charge on any atom is -0.468 e. The highest BCUT2D eigenvalue weighted by Gasteiger charge is 2.27. The highest BCUT2D eigenvalue weighted by molar-refractivity contribution is 8.00. The fourth-order valence-electron chi connectivity index (χ4n) is 2.46. The van der Waals surface area contributed by atoms with Crippen LogP contribution in [0.25, 0.3) is 10.9 Å². The Hall–Kier alpha value is -2.81. The van der Waals surface area contributed by atoms with Gasteiger partial charge in [0.25, 0.3) is 0 Å². The smallest absolute Gasteiger partial charge is 0.340 e. The number of methoxy groups -OCH3 is 3. The third-order valence-corrected chi connectivity index (χ3v) is 4.68.